The van der Waals surface area contributed by atoms with E-state index >= 15 is 0 Å². The van der Waals surface area contributed by atoms with Crippen LogP contribution in [0.15, 0.2) is 30.3 Å². The third-order valence-electron chi connectivity index (χ3n) is 4.36. The average molecular weight is 286 g/mol. The maximum Gasteiger partial charge on any atom is 0.155 e. The summed E-state index contributed by atoms with van der Waals surface area (Å²) in [6, 6.07) is 12.4. The summed E-state index contributed by atoms with van der Waals surface area (Å²) in [5.74, 6) is 0.732. The van der Waals surface area contributed by atoms with Gasteiger partial charge in [0.1, 0.15) is 0 Å². The minimum atomic E-state index is -0.739. The number of nitriles is 1. The summed E-state index contributed by atoms with van der Waals surface area (Å²) in [6.07, 6.45) is 5.06. The molecule has 0 saturated heterocycles. The molecule has 3 heteroatoms. The van der Waals surface area contributed by atoms with Crippen LogP contribution in [0.4, 0.5) is 0 Å². The summed E-state index contributed by atoms with van der Waals surface area (Å²) >= 11 is 0. The van der Waals surface area contributed by atoms with Gasteiger partial charge in [-0.2, -0.15) is 5.26 Å². The Bertz CT molecular complexity index is 468. The van der Waals surface area contributed by atoms with Gasteiger partial charge in [-0.1, -0.05) is 57.0 Å². The fourth-order valence-corrected chi connectivity index (χ4v) is 3.17. The highest BCUT2D eigenvalue weighted by Crippen LogP contribution is 2.28. The Labute approximate surface area is 128 Å². The van der Waals surface area contributed by atoms with Crippen molar-refractivity contribution in [2.75, 3.05) is 13.2 Å². The second-order valence-electron chi connectivity index (χ2n) is 6.12. The zero-order chi connectivity index (χ0) is 15.1. The number of nitrogens with one attached hydrogen (secondary N) is 1. The topological polar surface area (TPSA) is 45.0 Å². The number of hydrogen-bond acceptors (Lipinski definition) is 3. The summed E-state index contributed by atoms with van der Waals surface area (Å²) in [6.45, 7) is 5.47. The summed E-state index contributed by atoms with van der Waals surface area (Å²) in [5, 5.41) is 13.1. The van der Waals surface area contributed by atoms with Gasteiger partial charge in [0.05, 0.1) is 18.8 Å². The highest BCUT2D eigenvalue weighted by Gasteiger charge is 2.33. The molecule has 1 aromatic rings. The van der Waals surface area contributed by atoms with Crippen molar-refractivity contribution in [2.45, 2.75) is 51.2 Å². The second kappa shape index (κ2) is 7.59. The second-order valence-corrected chi connectivity index (χ2v) is 6.12. The van der Waals surface area contributed by atoms with Gasteiger partial charge >= 0.3 is 0 Å². The molecule has 0 aliphatic heterocycles. The molecule has 1 aromatic carbocycles. The maximum atomic E-state index is 9.75. The highest BCUT2D eigenvalue weighted by molar-refractivity contribution is 5.31. The van der Waals surface area contributed by atoms with Gasteiger partial charge in [0.2, 0.25) is 0 Å². The first kappa shape index (κ1) is 16.0. The Balaban J connectivity index is 2.08. The van der Waals surface area contributed by atoms with Crippen molar-refractivity contribution >= 4 is 0 Å². The van der Waals surface area contributed by atoms with E-state index in [9.17, 15) is 5.26 Å². The Kier molecular flexibility index (Phi) is 5.78. The van der Waals surface area contributed by atoms with E-state index in [0.29, 0.717) is 12.7 Å². The summed E-state index contributed by atoms with van der Waals surface area (Å²) in [5.41, 5.74) is 0.245. The molecule has 1 N–H and O–H groups in total. The zero-order valence-electron chi connectivity index (χ0n) is 13.1. The molecule has 0 heterocycles. The van der Waals surface area contributed by atoms with Crippen molar-refractivity contribution < 1.29 is 4.74 Å². The molecule has 3 nitrogen and oxygen atoms in total. The van der Waals surface area contributed by atoms with Crippen LogP contribution in [-0.2, 0) is 10.3 Å². The van der Waals surface area contributed by atoms with Crippen LogP contribution in [0.25, 0.3) is 0 Å². The molecule has 1 fully saturated rings. The predicted octanol–water partition coefficient (Wildman–Crippen LogP) is 3.61. The average Bonchev–Trinajstić information content (AvgIpc) is 2.52. The lowest BCUT2D eigenvalue weighted by atomic mass is 9.88. The summed E-state index contributed by atoms with van der Waals surface area (Å²) in [7, 11) is 0. The number of rotatable bonds is 6. The first-order valence-corrected chi connectivity index (χ1v) is 8.03. The van der Waals surface area contributed by atoms with Gasteiger partial charge in [-0.3, -0.25) is 5.32 Å². The first-order chi connectivity index (χ1) is 10.2. The standard InChI is InChI=1S/C18H26N2O/c1-3-20-18(13-19,16-9-5-4-6-10-16)14-21-17-11-7-8-15(2)12-17/h4-6,9-10,15,17,20H,3,7-8,11-12,14H2,1-2H3. The predicted molar refractivity (Wildman–Crippen MR) is 84.8 cm³/mol. The molecule has 0 aromatic heterocycles. The number of benzene rings is 1. The molecule has 1 saturated carbocycles. The molecular formula is C18H26N2O. The van der Waals surface area contributed by atoms with Crippen molar-refractivity contribution in [3.8, 4) is 6.07 Å². The third kappa shape index (κ3) is 4.06. The van der Waals surface area contributed by atoms with Gasteiger partial charge in [-0.05, 0) is 30.9 Å². The number of ether oxygens (including phenoxy) is 1. The summed E-state index contributed by atoms with van der Waals surface area (Å²) in [4.78, 5) is 0. The van der Waals surface area contributed by atoms with Gasteiger partial charge in [0.25, 0.3) is 0 Å². The molecule has 114 valence electrons. The molecule has 3 atom stereocenters. The van der Waals surface area contributed by atoms with E-state index in [-0.39, 0.29) is 0 Å². The zero-order valence-corrected chi connectivity index (χ0v) is 13.1. The van der Waals surface area contributed by atoms with E-state index in [4.69, 9.17) is 4.74 Å². The van der Waals surface area contributed by atoms with Crippen LogP contribution in [0.5, 0.6) is 0 Å². The van der Waals surface area contributed by atoms with E-state index < -0.39 is 5.54 Å². The van der Waals surface area contributed by atoms with Crippen molar-refractivity contribution in [1.29, 1.82) is 5.26 Å². The Morgan fingerprint density at radius 3 is 2.71 bits per heavy atom. The Hall–Kier alpha value is -1.37. The van der Waals surface area contributed by atoms with Crippen molar-refractivity contribution in [3.63, 3.8) is 0 Å². The summed E-state index contributed by atoms with van der Waals surface area (Å²) < 4.78 is 6.13. The van der Waals surface area contributed by atoms with Crippen LogP contribution in [0.2, 0.25) is 0 Å². The lowest BCUT2D eigenvalue weighted by Crippen LogP contribution is -2.46. The first-order valence-electron chi connectivity index (χ1n) is 8.03. The van der Waals surface area contributed by atoms with E-state index in [0.717, 1.165) is 30.9 Å². The highest BCUT2D eigenvalue weighted by atomic mass is 16.5. The minimum Gasteiger partial charge on any atom is -0.375 e. The fraction of sp³-hybridized carbons (Fsp3) is 0.611. The molecule has 1 aliphatic rings. The van der Waals surface area contributed by atoms with E-state index in [1.807, 2.05) is 37.3 Å². The van der Waals surface area contributed by atoms with Gasteiger partial charge < -0.3 is 4.74 Å². The monoisotopic (exact) mass is 286 g/mol. The molecule has 3 unspecified atom stereocenters. The lowest BCUT2D eigenvalue weighted by molar-refractivity contribution is -0.00803. The van der Waals surface area contributed by atoms with Crippen LogP contribution in [-0.4, -0.2) is 19.3 Å². The molecular weight excluding hydrogens is 260 g/mol. The minimum absolute atomic E-state index is 0.295. The van der Waals surface area contributed by atoms with Crippen LogP contribution < -0.4 is 5.32 Å². The lowest BCUT2D eigenvalue weighted by Gasteiger charge is -2.32. The van der Waals surface area contributed by atoms with Crippen molar-refractivity contribution in [1.82, 2.24) is 5.32 Å². The third-order valence-corrected chi connectivity index (χ3v) is 4.36. The van der Waals surface area contributed by atoms with E-state index in [1.165, 1.54) is 12.8 Å². The van der Waals surface area contributed by atoms with Crippen LogP contribution in [0.3, 0.4) is 0 Å². The fourth-order valence-electron chi connectivity index (χ4n) is 3.17. The van der Waals surface area contributed by atoms with E-state index in [2.05, 4.69) is 18.3 Å². The number of likely N-dealkylation sites (N-methyl/N-ethyl adjacent to an activating group) is 1. The molecule has 0 spiro atoms. The smallest absolute Gasteiger partial charge is 0.155 e. The number of nitrogens with zero attached hydrogens (tertiary/aromatic N) is 1. The van der Waals surface area contributed by atoms with Crippen molar-refractivity contribution in [2.24, 2.45) is 5.92 Å². The van der Waals surface area contributed by atoms with Crippen LogP contribution >= 0.6 is 0 Å². The van der Waals surface area contributed by atoms with Gasteiger partial charge in [0, 0.05) is 0 Å². The molecule has 1 aliphatic carbocycles. The van der Waals surface area contributed by atoms with Crippen LogP contribution in [0.1, 0.15) is 45.1 Å². The largest absolute Gasteiger partial charge is 0.375 e. The van der Waals surface area contributed by atoms with Gasteiger partial charge in [-0.25, -0.2) is 0 Å². The normalized spacial score (nSPS) is 25.0. The maximum absolute atomic E-state index is 9.75. The Morgan fingerprint density at radius 1 is 1.33 bits per heavy atom. The van der Waals surface area contributed by atoms with E-state index in [1.54, 1.807) is 0 Å². The molecule has 2 rings (SSSR count). The van der Waals surface area contributed by atoms with Crippen molar-refractivity contribution in [3.05, 3.63) is 35.9 Å². The van der Waals surface area contributed by atoms with Gasteiger partial charge in [0.15, 0.2) is 5.54 Å². The molecule has 0 bridgehead atoms. The number of hydrogen-bond donors (Lipinski definition) is 1. The molecule has 21 heavy (non-hydrogen) atoms. The van der Waals surface area contributed by atoms with Gasteiger partial charge in [-0.15, -0.1) is 0 Å². The Morgan fingerprint density at radius 2 is 2.10 bits per heavy atom. The SMILES string of the molecule is CCNC(C#N)(COC1CCCC(C)C1)c1ccccc1. The molecule has 0 amide bonds. The van der Waals surface area contributed by atoms with Crippen LogP contribution in [0, 0.1) is 17.2 Å². The molecule has 0 radical (unpaired) electrons. The quantitative estimate of drug-likeness (QED) is 0.869.